The molecule has 0 spiro atoms. The first-order chi connectivity index (χ1) is 9.56. The molecule has 0 fully saturated rings. The molecular weight excluding hydrogens is 255 g/mol. The summed E-state index contributed by atoms with van der Waals surface area (Å²) >= 11 is 0. The van der Waals surface area contributed by atoms with Gasteiger partial charge in [-0.15, -0.1) is 0 Å². The highest BCUT2D eigenvalue weighted by Crippen LogP contribution is 2.28. The van der Waals surface area contributed by atoms with Gasteiger partial charge in [0.2, 0.25) is 0 Å². The molecule has 0 saturated heterocycles. The number of methoxy groups -OCH3 is 1. The van der Waals surface area contributed by atoms with Crippen LogP contribution in [0.4, 0.5) is 4.39 Å². The van der Waals surface area contributed by atoms with E-state index in [1.807, 2.05) is 32.0 Å². The minimum Gasteiger partial charge on any atom is -0.494 e. The molecule has 0 aliphatic carbocycles. The van der Waals surface area contributed by atoms with Gasteiger partial charge in [0.15, 0.2) is 11.6 Å². The van der Waals surface area contributed by atoms with Crippen LogP contribution in [-0.2, 0) is 0 Å². The Bertz CT molecular complexity index is 613. The van der Waals surface area contributed by atoms with Gasteiger partial charge in [-0.2, -0.15) is 0 Å². The van der Waals surface area contributed by atoms with Crippen molar-refractivity contribution in [3.63, 3.8) is 0 Å². The predicted octanol–water partition coefficient (Wildman–Crippen LogP) is 3.00. The molecule has 3 nitrogen and oxygen atoms in total. The van der Waals surface area contributed by atoms with E-state index in [9.17, 15) is 4.39 Å². The minimum absolute atomic E-state index is 0.227. The normalized spacial score (nSPS) is 12.2. The second-order valence-corrected chi connectivity index (χ2v) is 4.85. The van der Waals surface area contributed by atoms with Crippen LogP contribution in [0.2, 0.25) is 0 Å². The molecule has 1 unspecified atom stereocenters. The zero-order chi connectivity index (χ0) is 14.7. The lowest BCUT2D eigenvalue weighted by Gasteiger charge is -2.20. The fourth-order valence-corrected chi connectivity index (χ4v) is 2.30. The van der Waals surface area contributed by atoms with Gasteiger partial charge < -0.3 is 4.74 Å². The van der Waals surface area contributed by atoms with E-state index < -0.39 is 5.82 Å². The molecule has 4 heteroatoms. The van der Waals surface area contributed by atoms with Gasteiger partial charge in [-0.05, 0) is 42.7 Å². The summed E-state index contributed by atoms with van der Waals surface area (Å²) in [5.41, 5.74) is 6.81. The largest absolute Gasteiger partial charge is 0.494 e. The molecule has 0 amide bonds. The molecule has 0 saturated carbocycles. The van der Waals surface area contributed by atoms with Gasteiger partial charge in [0.1, 0.15) is 0 Å². The van der Waals surface area contributed by atoms with Gasteiger partial charge in [-0.25, -0.2) is 9.82 Å². The maximum absolute atomic E-state index is 13.8. The number of benzene rings is 2. The van der Waals surface area contributed by atoms with E-state index in [4.69, 9.17) is 10.6 Å². The summed E-state index contributed by atoms with van der Waals surface area (Å²) in [4.78, 5) is 0. The maximum Gasteiger partial charge on any atom is 0.165 e. The number of ether oxygens (including phenoxy) is 1. The number of halogens is 1. The van der Waals surface area contributed by atoms with Crippen LogP contribution in [0.1, 0.15) is 28.3 Å². The maximum atomic E-state index is 13.8. The molecule has 0 aromatic heterocycles. The summed E-state index contributed by atoms with van der Waals surface area (Å²) in [6.45, 7) is 4.03. The van der Waals surface area contributed by atoms with Gasteiger partial charge in [-0.3, -0.25) is 5.84 Å². The average molecular weight is 274 g/mol. The summed E-state index contributed by atoms with van der Waals surface area (Å²) in [7, 11) is 1.45. The zero-order valence-electron chi connectivity index (χ0n) is 11.9. The van der Waals surface area contributed by atoms with Crippen molar-refractivity contribution in [1.82, 2.24) is 5.43 Å². The molecule has 106 valence electrons. The lowest BCUT2D eigenvalue weighted by atomic mass is 9.94. The standard InChI is InChI=1S/C16H19FN2O/c1-10-4-5-11(2)13(8-10)16(19-18)12-6-7-15(20-3)14(17)9-12/h4-9,16,19H,18H2,1-3H3. The van der Waals surface area contributed by atoms with Gasteiger partial charge in [-0.1, -0.05) is 29.8 Å². The number of aryl methyl sites for hydroxylation is 2. The fraction of sp³-hybridized carbons (Fsp3) is 0.250. The third-order valence-electron chi connectivity index (χ3n) is 3.42. The first-order valence-corrected chi connectivity index (χ1v) is 6.43. The average Bonchev–Trinajstić information content (AvgIpc) is 2.44. The molecule has 0 radical (unpaired) electrons. The molecule has 0 aliphatic heterocycles. The van der Waals surface area contributed by atoms with Crippen LogP contribution in [0.3, 0.4) is 0 Å². The van der Waals surface area contributed by atoms with Gasteiger partial charge in [0.25, 0.3) is 0 Å². The molecule has 0 aliphatic rings. The Morgan fingerprint density at radius 2 is 1.90 bits per heavy atom. The Kier molecular flexibility index (Phi) is 4.37. The number of nitrogens with two attached hydrogens (primary N) is 1. The smallest absolute Gasteiger partial charge is 0.165 e. The molecular formula is C16H19FN2O. The quantitative estimate of drug-likeness (QED) is 0.665. The van der Waals surface area contributed by atoms with Crippen molar-refractivity contribution >= 4 is 0 Å². The molecule has 0 bridgehead atoms. The molecule has 20 heavy (non-hydrogen) atoms. The topological polar surface area (TPSA) is 47.3 Å². The molecule has 2 rings (SSSR count). The van der Waals surface area contributed by atoms with Crippen LogP contribution in [0.15, 0.2) is 36.4 Å². The number of hydrazine groups is 1. The second kappa shape index (κ2) is 6.03. The van der Waals surface area contributed by atoms with Crippen LogP contribution in [0, 0.1) is 19.7 Å². The van der Waals surface area contributed by atoms with E-state index in [1.54, 1.807) is 6.07 Å². The van der Waals surface area contributed by atoms with E-state index in [2.05, 4.69) is 11.5 Å². The van der Waals surface area contributed by atoms with Crippen LogP contribution >= 0.6 is 0 Å². The van der Waals surface area contributed by atoms with E-state index >= 15 is 0 Å². The Morgan fingerprint density at radius 1 is 1.15 bits per heavy atom. The van der Waals surface area contributed by atoms with E-state index in [-0.39, 0.29) is 11.8 Å². The molecule has 2 aromatic carbocycles. The summed E-state index contributed by atoms with van der Waals surface area (Å²) in [5.74, 6) is 5.51. The van der Waals surface area contributed by atoms with E-state index in [1.165, 1.54) is 13.2 Å². The Hall–Kier alpha value is -1.91. The third-order valence-corrected chi connectivity index (χ3v) is 3.42. The summed E-state index contributed by atoms with van der Waals surface area (Å²) in [6, 6.07) is 10.8. The van der Waals surface area contributed by atoms with Crippen molar-refractivity contribution in [3.8, 4) is 5.75 Å². The number of rotatable bonds is 4. The molecule has 3 N–H and O–H groups in total. The third kappa shape index (κ3) is 2.81. The number of nitrogens with one attached hydrogen (secondary N) is 1. The second-order valence-electron chi connectivity index (χ2n) is 4.85. The van der Waals surface area contributed by atoms with Crippen LogP contribution < -0.4 is 16.0 Å². The van der Waals surface area contributed by atoms with Crippen molar-refractivity contribution in [2.75, 3.05) is 7.11 Å². The van der Waals surface area contributed by atoms with Gasteiger partial charge in [0, 0.05) is 0 Å². The van der Waals surface area contributed by atoms with Crippen LogP contribution in [-0.4, -0.2) is 7.11 Å². The number of hydrogen-bond acceptors (Lipinski definition) is 3. The Morgan fingerprint density at radius 3 is 2.50 bits per heavy atom. The minimum atomic E-state index is -0.393. The monoisotopic (exact) mass is 274 g/mol. The molecule has 0 heterocycles. The predicted molar refractivity (Wildman–Crippen MR) is 78.0 cm³/mol. The Labute approximate surface area is 118 Å². The van der Waals surface area contributed by atoms with Crippen molar-refractivity contribution in [2.45, 2.75) is 19.9 Å². The van der Waals surface area contributed by atoms with Crippen LogP contribution in [0.25, 0.3) is 0 Å². The SMILES string of the molecule is COc1ccc(C(NN)c2cc(C)ccc2C)cc1F. The van der Waals surface area contributed by atoms with Crippen molar-refractivity contribution < 1.29 is 9.13 Å². The molecule has 1 atom stereocenters. The highest BCUT2D eigenvalue weighted by atomic mass is 19.1. The number of hydrogen-bond donors (Lipinski definition) is 2. The van der Waals surface area contributed by atoms with Gasteiger partial charge in [0.05, 0.1) is 13.2 Å². The summed E-state index contributed by atoms with van der Waals surface area (Å²) in [5, 5.41) is 0. The Balaban J connectivity index is 2.46. The van der Waals surface area contributed by atoms with Crippen molar-refractivity contribution in [3.05, 3.63) is 64.5 Å². The lowest BCUT2D eigenvalue weighted by molar-refractivity contribution is 0.385. The summed E-state index contributed by atoms with van der Waals surface area (Å²) in [6.07, 6.45) is 0. The van der Waals surface area contributed by atoms with E-state index in [0.717, 1.165) is 22.3 Å². The first-order valence-electron chi connectivity index (χ1n) is 6.43. The van der Waals surface area contributed by atoms with Crippen molar-refractivity contribution in [1.29, 1.82) is 0 Å². The van der Waals surface area contributed by atoms with Gasteiger partial charge >= 0.3 is 0 Å². The molecule has 2 aromatic rings. The fourth-order valence-electron chi connectivity index (χ4n) is 2.30. The first kappa shape index (κ1) is 14.5. The highest BCUT2D eigenvalue weighted by Gasteiger charge is 2.16. The van der Waals surface area contributed by atoms with Crippen molar-refractivity contribution in [2.24, 2.45) is 5.84 Å². The highest BCUT2D eigenvalue weighted by molar-refractivity contribution is 5.41. The van der Waals surface area contributed by atoms with E-state index in [0.29, 0.717) is 0 Å². The summed E-state index contributed by atoms with van der Waals surface area (Å²) < 4.78 is 18.8. The zero-order valence-corrected chi connectivity index (χ0v) is 11.9. The van der Waals surface area contributed by atoms with Crippen LogP contribution in [0.5, 0.6) is 5.75 Å². The lowest BCUT2D eigenvalue weighted by Crippen LogP contribution is -2.29.